The third-order valence-electron chi connectivity index (χ3n) is 3.06. The van der Waals surface area contributed by atoms with Crippen LogP contribution < -0.4 is 9.04 Å². The molecule has 1 aromatic rings. The molecule has 0 aliphatic rings. The molecule has 0 radical (unpaired) electrons. The van der Waals surface area contributed by atoms with Gasteiger partial charge in [0, 0.05) is 20.2 Å². The lowest BCUT2D eigenvalue weighted by molar-refractivity contribution is -0.129. The molecule has 0 spiro atoms. The maximum atomic E-state index is 12.3. The number of hydrogen-bond donors (Lipinski definition) is 0. The van der Waals surface area contributed by atoms with Crippen LogP contribution in [-0.2, 0) is 14.8 Å². The second-order valence-corrected chi connectivity index (χ2v) is 6.78. The second-order valence-electron chi connectivity index (χ2n) is 4.92. The first-order chi connectivity index (χ1) is 9.72. The number of anilines is 1. The summed E-state index contributed by atoms with van der Waals surface area (Å²) in [5.41, 5.74) is 0.416. The Morgan fingerprint density at radius 1 is 1.33 bits per heavy atom. The van der Waals surface area contributed by atoms with Gasteiger partial charge in [-0.25, -0.2) is 8.42 Å². The van der Waals surface area contributed by atoms with Gasteiger partial charge >= 0.3 is 0 Å². The molecule has 1 amide bonds. The molecule has 0 aliphatic heterocycles. The van der Waals surface area contributed by atoms with Crippen molar-refractivity contribution >= 4 is 21.6 Å². The number of hydrogen-bond acceptors (Lipinski definition) is 4. The van der Waals surface area contributed by atoms with Gasteiger partial charge in [-0.2, -0.15) is 0 Å². The maximum absolute atomic E-state index is 12.3. The summed E-state index contributed by atoms with van der Waals surface area (Å²) >= 11 is 0. The van der Waals surface area contributed by atoms with Gasteiger partial charge in [0.2, 0.25) is 15.9 Å². The standard InChI is InChI=1S/C14H22N2O4S/c1-6-13(14(17)15(2)3)16(21(5,18)19)11-8-7-9-12(10-11)20-4/h7-10,13H,6H2,1-5H3/t13-/m1/s1. The lowest BCUT2D eigenvalue weighted by Gasteiger charge is -2.31. The first-order valence-electron chi connectivity index (χ1n) is 6.57. The summed E-state index contributed by atoms with van der Waals surface area (Å²) in [4.78, 5) is 13.7. The van der Waals surface area contributed by atoms with Gasteiger partial charge in [0.05, 0.1) is 19.1 Å². The summed E-state index contributed by atoms with van der Waals surface area (Å²) < 4.78 is 30.6. The molecule has 6 nitrogen and oxygen atoms in total. The molecule has 1 aromatic carbocycles. The molecule has 0 aliphatic carbocycles. The molecular formula is C14H22N2O4S. The fraction of sp³-hybridized carbons (Fsp3) is 0.500. The Kier molecular flexibility index (Phi) is 5.60. The van der Waals surface area contributed by atoms with Crippen LogP contribution in [0.1, 0.15) is 13.3 Å². The highest BCUT2D eigenvalue weighted by Gasteiger charge is 2.32. The number of amides is 1. The Morgan fingerprint density at radius 3 is 2.38 bits per heavy atom. The van der Waals surface area contributed by atoms with E-state index in [1.807, 2.05) is 0 Å². The Balaban J connectivity index is 3.38. The zero-order valence-electron chi connectivity index (χ0n) is 13.0. The smallest absolute Gasteiger partial charge is 0.245 e. The van der Waals surface area contributed by atoms with Gasteiger partial charge in [-0.05, 0) is 18.6 Å². The van der Waals surface area contributed by atoms with Crippen LogP contribution in [0.2, 0.25) is 0 Å². The quantitative estimate of drug-likeness (QED) is 0.794. The normalized spacial score (nSPS) is 12.6. The van der Waals surface area contributed by atoms with Gasteiger partial charge in [0.25, 0.3) is 0 Å². The first-order valence-corrected chi connectivity index (χ1v) is 8.41. The third-order valence-corrected chi connectivity index (χ3v) is 4.24. The van der Waals surface area contributed by atoms with Crippen LogP contribution in [0.4, 0.5) is 5.69 Å². The van der Waals surface area contributed by atoms with Crippen molar-refractivity contribution in [1.29, 1.82) is 0 Å². The minimum Gasteiger partial charge on any atom is -0.497 e. The first kappa shape index (κ1) is 17.3. The van der Waals surface area contributed by atoms with Gasteiger partial charge in [-0.3, -0.25) is 9.10 Å². The molecular weight excluding hydrogens is 292 g/mol. The molecule has 21 heavy (non-hydrogen) atoms. The average molecular weight is 314 g/mol. The van der Waals surface area contributed by atoms with Crippen molar-refractivity contribution in [2.75, 3.05) is 31.8 Å². The maximum Gasteiger partial charge on any atom is 0.245 e. The zero-order chi connectivity index (χ0) is 16.2. The van der Waals surface area contributed by atoms with E-state index in [0.717, 1.165) is 10.6 Å². The number of rotatable bonds is 6. The SMILES string of the molecule is CC[C@H](C(=O)N(C)C)N(c1cccc(OC)c1)S(C)(=O)=O. The summed E-state index contributed by atoms with van der Waals surface area (Å²) in [6.45, 7) is 1.78. The number of sulfonamides is 1. The van der Waals surface area contributed by atoms with Crippen molar-refractivity contribution in [3.05, 3.63) is 24.3 Å². The van der Waals surface area contributed by atoms with E-state index in [2.05, 4.69) is 0 Å². The third kappa shape index (κ3) is 4.10. The van der Waals surface area contributed by atoms with Crippen molar-refractivity contribution in [2.24, 2.45) is 0 Å². The van der Waals surface area contributed by atoms with E-state index in [1.54, 1.807) is 45.3 Å². The summed E-state index contributed by atoms with van der Waals surface area (Å²) in [7, 11) is 1.12. The van der Waals surface area contributed by atoms with Crippen LogP contribution in [0.15, 0.2) is 24.3 Å². The predicted molar refractivity (Wildman–Crippen MR) is 83.1 cm³/mol. The average Bonchev–Trinajstić information content (AvgIpc) is 2.42. The number of likely N-dealkylation sites (N-methyl/N-ethyl adjacent to an activating group) is 1. The fourth-order valence-electron chi connectivity index (χ4n) is 2.09. The molecule has 0 heterocycles. The molecule has 0 bridgehead atoms. The van der Waals surface area contributed by atoms with Crippen molar-refractivity contribution in [3.63, 3.8) is 0 Å². The van der Waals surface area contributed by atoms with E-state index in [9.17, 15) is 13.2 Å². The van der Waals surface area contributed by atoms with E-state index in [1.165, 1.54) is 12.0 Å². The molecule has 1 atom stereocenters. The number of methoxy groups -OCH3 is 1. The Bertz CT molecular complexity index is 599. The monoisotopic (exact) mass is 314 g/mol. The van der Waals surface area contributed by atoms with Crippen LogP contribution in [0.5, 0.6) is 5.75 Å². The molecule has 0 aromatic heterocycles. The fourth-order valence-corrected chi connectivity index (χ4v) is 3.29. The van der Waals surface area contributed by atoms with Gasteiger partial charge in [0.15, 0.2) is 0 Å². The Labute approximate surface area is 126 Å². The van der Waals surface area contributed by atoms with E-state index < -0.39 is 16.1 Å². The van der Waals surface area contributed by atoms with Crippen molar-refractivity contribution in [1.82, 2.24) is 4.90 Å². The molecule has 0 N–H and O–H groups in total. The number of carbonyl (C=O) groups excluding carboxylic acids is 1. The second kappa shape index (κ2) is 6.80. The van der Waals surface area contributed by atoms with Crippen LogP contribution in [0, 0.1) is 0 Å². The molecule has 7 heteroatoms. The van der Waals surface area contributed by atoms with Crippen LogP contribution in [0.3, 0.4) is 0 Å². The Hall–Kier alpha value is -1.76. The van der Waals surface area contributed by atoms with Gasteiger partial charge in [0.1, 0.15) is 11.8 Å². The molecule has 0 saturated heterocycles. The minimum atomic E-state index is -3.60. The van der Waals surface area contributed by atoms with Crippen molar-refractivity contribution in [3.8, 4) is 5.75 Å². The number of carbonyl (C=O) groups is 1. The molecule has 1 rings (SSSR count). The van der Waals surface area contributed by atoms with Crippen LogP contribution in [0.25, 0.3) is 0 Å². The summed E-state index contributed by atoms with van der Waals surface area (Å²) in [6, 6.07) is 5.89. The largest absolute Gasteiger partial charge is 0.497 e. The molecule has 0 fully saturated rings. The molecule has 0 unspecified atom stereocenters. The molecule has 118 valence electrons. The van der Waals surface area contributed by atoms with Crippen LogP contribution in [-0.4, -0.2) is 52.7 Å². The summed E-state index contributed by atoms with van der Waals surface area (Å²) in [5, 5.41) is 0. The van der Waals surface area contributed by atoms with Crippen molar-refractivity contribution in [2.45, 2.75) is 19.4 Å². The summed E-state index contributed by atoms with van der Waals surface area (Å²) in [6.07, 6.45) is 1.47. The number of ether oxygens (including phenoxy) is 1. The van der Waals surface area contributed by atoms with E-state index in [0.29, 0.717) is 17.9 Å². The van der Waals surface area contributed by atoms with Gasteiger partial charge in [-0.15, -0.1) is 0 Å². The highest BCUT2D eigenvalue weighted by atomic mass is 32.2. The topological polar surface area (TPSA) is 66.9 Å². The van der Waals surface area contributed by atoms with E-state index >= 15 is 0 Å². The lowest BCUT2D eigenvalue weighted by Crippen LogP contribution is -2.48. The zero-order valence-corrected chi connectivity index (χ0v) is 13.8. The minimum absolute atomic E-state index is 0.259. The lowest BCUT2D eigenvalue weighted by atomic mass is 10.2. The highest BCUT2D eigenvalue weighted by Crippen LogP contribution is 2.26. The van der Waals surface area contributed by atoms with Gasteiger partial charge < -0.3 is 9.64 Å². The number of benzene rings is 1. The van der Waals surface area contributed by atoms with E-state index in [4.69, 9.17) is 4.74 Å². The van der Waals surface area contributed by atoms with E-state index in [-0.39, 0.29) is 5.91 Å². The molecule has 0 saturated carbocycles. The summed E-state index contributed by atoms with van der Waals surface area (Å²) in [5.74, 6) is 0.277. The van der Waals surface area contributed by atoms with Crippen LogP contribution >= 0.6 is 0 Å². The number of nitrogens with zero attached hydrogens (tertiary/aromatic N) is 2. The van der Waals surface area contributed by atoms with Gasteiger partial charge in [-0.1, -0.05) is 13.0 Å². The highest BCUT2D eigenvalue weighted by molar-refractivity contribution is 7.92. The van der Waals surface area contributed by atoms with Crippen molar-refractivity contribution < 1.29 is 17.9 Å². The predicted octanol–water partition coefficient (Wildman–Crippen LogP) is 1.33. The Morgan fingerprint density at radius 2 is 1.95 bits per heavy atom.